The number of aromatic nitrogens is 1. The molecule has 0 aliphatic carbocycles. The second-order valence-corrected chi connectivity index (χ2v) is 7.83. The lowest BCUT2D eigenvalue weighted by Crippen LogP contribution is -2.27. The lowest BCUT2D eigenvalue weighted by Gasteiger charge is -2.14. The Bertz CT molecular complexity index is 1240. The van der Waals surface area contributed by atoms with E-state index >= 15 is 0 Å². The third-order valence-corrected chi connectivity index (χ3v) is 5.77. The zero-order valence-electron chi connectivity index (χ0n) is 15.1. The van der Waals surface area contributed by atoms with Crippen molar-refractivity contribution in [1.82, 2.24) is 4.98 Å². The minimum Gasteiger partial charge on any atom is -0.497 e. The molecule has 1 N–H and O–H groups in total. The monoisotopic (exact) mass is 419 g/mol. The summed E-state index contributed by atoms with van der Waals surface area (Å²) in [5, 5.41) is 9.64. The molecule has 2 aromatic carbocycles. The first-order valence-electron chi connectivity index (χ1n) is 8.49. The summed E-state index contributed by atoms with van der Waals surface area (Å²) in [5.41, 5.74) is 2.29. The zero-order valence-corrected chi connectivity index (χ0v) is 16.8. The number of nitrogens with zero attached hydrogens (tertiary/aromatic N) is 2. The Kier molecular flexibility index (Phi) is 4.92. The number of H-pyrrole nitrogens is 1. The summed E-state index contributed by atoms with van der Waals surface area (Å²) in [6.45, 7) is 0. The van der Waals surface area contributed by atoms with Crippen molar-refractivity contribution in [3.05, 3.63) is 70.8 Å². The fourth-order valence-electron chi connectivity index (χ4n) is 3.00. The van der Waals surface area contributed by atoms with Gasteiger partial charge >= 0.3 is 0 Å². The van der Waals surface area contributed by atoms with Crippen LogP contribution in [-0.4, -0.2) is 28.1 Å². The molecule has 1 amide bonds. The number of amides is 1. The first-order valence-corrected chi connectivity index (χ1v) is 9.72. The maximum atomic E-state index is 12.9. The van der Waals surface area contributed by atoms with Crippen molar-refractivity contribution in [1.29, 1.82) is 5.26 Å². The van der Waals surface area contributed by atoms with Gasteiger partial charge in [-0.15, -0.1) is 0 Å². The van der Waals surface area contributed by atoms with Crippen LogP contribution in [0.5, 0.6) is 5.75 Å². The number of nitrogens with one attached hydrogen (secondary N) is 1. The van der Waals surface area contributed by atoms with Gasteiger partial charge in [0.05, 0.1) is 29.3 Å². The number of methoxy groups -OCH3 is 1. The Balaban J connectivity index is 1.65. The summed E-state index contributed by atoms with van der Waals surface area (Å²) >= 11 is 6.40. The number of benzene rings is 2. The minimum absolute atomic E-state index is 0.251. The van der Waals surface area contributed by atoms with Crippen LogP contribution < -0.4 is 9.64 Å². The molecule has 3 aromatic rings. The Labute approximate surface area is 175 Å². The standard InChI is InChI=1S/C21H13N3O3S2/c1-27-14-6-7-17-15(8-14)16(11-23-17)18(25)9-19-20(26)24(21(28)29-19)13-4-2-12(10-22)3-5-13/h2-9,11,23H,1H3/b19-9-. The van der Waals surface area contributed by atoms with Crippen molar-refractivity contribution in [3.63, 3.8) is 0 Å². The van der Waals surface area contributed by atoms with E-state index in [1.54, 1.807) is 49.7 Å². The van der Waals surface area contributed by atoms with Gasteiger partial charge in [0, 0.05) is 28.7 Å². The molecule has 4 rings (SSSR count). The van der Waals surface area contributed by atoms with Crippen LogP contribution in [0.4, 0.5) is 5.69 Å². The molecule has 0 saturated carbocycles. The molecule has 1 aliphatic heterocycles. The Hall–Kier alpha value is -3.41. The van der Waals surface area contributed by atoms with Crippen LogP contribution in [0.25, 0.3) is 10.9 Å². The van der Waals surface area contributed by atoms with Gasteiger partial charge in [-0.05, 0) is 42.5 Å². The van der Waals surface area contributed by atoms with Crippen molar-refractivity contribution in [2.75, 3.05) is 12.0 Å². The molecule has 8 heteroatoms. The van der Waals surface area contributed by atoms with Crippen molar-refractivity contribution >= 4 is 56.6 Å². The molecular weight excluding hydrogens is 406 g/mol. The van der Waals surface area contributed by atoms with Crippen molar-refractivity contribution in [2.24, 2.45) is 0 Å². The number of fused-ring (bicyclic) bond motifs is 1. The molecule has 1 aliphatic rings. The van der Waals surface area contributed by atoms with Gasteiger partial charge in [0.15, 0.2) is 10.1 Å². The molecule has 1 aromatic heterocycles. The Morgan fingerprint density at radius 3 is 2.72 bits per heavy atom. The summed E-state index contributed by atoms with van der Waals surface area (Å²) in [6.07, 6.45) is 2.93. The number of anilines is 1. The SMILES string of the molecule is COc1ccc2[nH]cc(C(=O)/C=C3\SC(=S)N(c4ccc(C#N)cc4)C3=O)c2c1. The van der Waals surface area contributed by atoms with Gasteiger partial charge in [-0.1, -0.05) is 24.0 Å². The smallest absolute Gasteiger partial charge is 0.270 e. The van der Waals surface area contributed by atoms with Crippen LogP contribution >= 0.6 is 24.0 Å². The van der Waals surface area contributed by atoms with E-state index in [-0.39, 0.29) is 16.6 Å². The topological polar surface area (TPSA) is 86.2 Å². The van der Waals surface area contributed by atoms with E-state index in [1.807, 2.05) is 12.1 Å². The zero-order chi connectivity index (χ0) is 20.5. The van der Waals surface area contributed by atoms with Crippen LogP contribution in [0.15, 0.2) is 59.6 Å². The summed E-state index contributed by atoms with van der Waals surface area (Å²) in [5.74, 6) is -0.0291. The molecule has 29 heavy (non-hydrogen) atoms. The van der Waals surface area contributed by atoms with Crippen molar-refractivity contribution in [2.45, 2.75) is 0 Å². The van der Waals surface area contributed by atoms with Crippen LogP contribution in [0, 0.1) is 11.3 Å². The molecular formula is C21H13N3O3S2. The van der Waals surface area contributed by atoms with E-state index in [2.05, 4.69) is 4.98 Å². The molecule has 0 spiro atoms. The van der Waals surface area contributed by atoms with Gasteiger partial charge in [0.1, 0.15) is 5.75 Å². The number of aromatic amines is 1. The van der Waals surface area contributed by atoms with E-state index in [9.17, 15) is 9.59 Å². The van der Waals surface area contributed by atoms with Gasteiger partial charge in [-0.3, -0.25) is 14.5 Å². The van der Waals surface area contributed by atoms with Gasteiger partial charge in [0.25, 0.3) is 5.91 Å². The molecule has 0 bridgehead atoms. The molecule has 0 unspecified atom stereocenters. The summed E-state index contributed by atoms with van der Waals surface area (Å²) < 4.78 is 5.56. The average Bonchev–Trinajstić information content (AvgIpc) is 3.28. The van der Waals surface area contributed by atoms with Gasteiger partial charge in [0.2, 0.25) is 0 Å². The number of thioether (sulfide) groups is 1. The van der Waals surface area contributed by atoms with E-state index < -0.39 is 0 Å². The maximum absolute atomic E-state index is 12.9. The predicted octanol–water partition coefficient (Wildman–Crippen LogP) is 4.18. The molecule has 6 nitrogen and oxygen atoms in total. The maximum Gasteiger partial charge on any atom is 0.270 e. The molecule has 0 atom stereocenters. The fraction of sp³-hybridized carbons (Fsp3) is 0.0476. The molecule has 142 valence electrons. The number of carbonyl (C=O) groups excluding carboxylic acids is 2. The Morgan fingerprint density at radius 1 is 1.28 bits per heavy atom. The van der Waals surface area contributed by atoms with Crippen LogP contribution in [0.2, 0.25) is 0 Å². The summed E-state index contributed by atoms with van der Waals surface area (Å²) in [6, 6.07) is 14.0. The first kappa shape index (κ1) is 18.9. The second-order valence-electron chi connectivity index (χ2n) is 6.15. The lowest BCUT2D eigenvalue weighted by molar-refractivity contribution is -0.113. The summed E-state index contributed by atoms with van der Waals surface area (Å²) in [7, 11) is 1.56. The predicted molar refractivity (Wildman–Crippen MR) is 116 cm³/mol. The first-order chi connectivity index (χ1) is 14.0. The van der Waals surface area contributed by atoms with Gasteiger partial charge < -0.3 is 9.72 Å². The van der Waals surface area contributed by atoms with Crippen LogP contribution in [-0.2, 0) is 4.79 Å². The highest BCUT2D eigenvalue weighted by Crippen LogP contribution is 2.35. The van der Waals surface area contributed by atoms with E-state index in [4.69, 9.17) is 22.2 Å². The van der Waals surface area contributed by atoms with Crippen LogP contribution in [0.1, 0.15) is 15.9 Å². The number of allylic oxidation sites excluding steroid dienone is 1. The fourth-order valence-corrected chi connectivity index (χ4v) is 4.27. The third kappa shape index (κ3) is 3.42. The highest BCUT2D eigenvalue weighted by molar-refractivity contribution is 8.27. The number of rotatable bonds is 4. The molecule has 1 fully saturated rings. The Morgan fingerprint density at radius 2 is 2.03 bits per heavy atom. The van der Waals surface area contributed by atoms with Crippen molar-refractivity contribution in [3.8, 4) is 11.8 Å². The minimum atomic E-state index is -0.365. The largest absolute Gasteiger partial charge is 0.497 e. The van der Waals surface area contributed by atoms with Crippen molar-refractivity contribution < 1.29 is 14.3 Å². The number of hydrogen-bond donors (Lipinski definition) is 1. The van der Waals surface area contributed by atoms with Crippen LogP contribution in [0.3, 0.4) is 0 Å². The summed E-state index contributed by atoms with van der Waals surface area (Å²) in [4.78, 5) is 30.4. The van der Waals surface area contributed by atoms with E-state index in [0.717, 1.165) is 17.3 Å². The normalized spacial score (nSPS) is 15.2. The highest BCUT2D eigenvalue weighted by Gasteiger charge is 2.34. The number of hydrogen-bond acceptors (Lipinski definition) is 6. The number of carbonyl (C=O) groups is 2. The average molecular weight is 419 g/mol. The quantitative estimate of drug-likeness (QED) is 0.388. The molecule has 2 heterocycles. The second kappa shape index (κ2) is 7.54. The number of ketones is 1. The lowest BCUT2D eigenvalue weighted by atomic mass is 10.1. The molecule has 0 radical (unpaired) electrons. The number of ether oxygens (including phenoxy) is 1. The van der Waals surface area contributed by atoms with Gasteiger partial charge in [-0.2, -0.15) is 5.26 Å². The van der Waals surface area contributed by atoms with Gasteiger partial charge in [-0.25, -0.2) is 0 Å². The number of nitriles is 1. The molecule has 1 saturated heterocycles. The van der Waals surface area contributed by atoms with E-state index in [0.29, 0.717) is 32.3 Å². The number of thiocarbonyl (C=S) groups is 1. The van der Waals surface area contributed by atoms with E-state index in [1.165, 1.54) is 11.0 Å². The third-order valence-electron chi connectivity index (χ3n) is 4.46. The highest BCUT2D eigenvalue weighted by atomic mass is 32.2.